The van der Waals surface area contributed by atoms with Gasteiger partial charge in [0.1, 0.15) is 13.2 Å². The number of unbranched alkanes of at least 4 members (excludes halogenated alkanes) is 54. The first-order valence-corrected chi connectivity index (χ1v) is 36.8. The van der Waals surface area contributed by atoms with Gasteiger partial charge in [0.15, 0.2) is 6.10 Å². The van der Waals surface area contributed by atoms with Crippen molar-refractivity contribution in [2.45, 2.75) is 425 Å². The molecule has 0 aliphatic carbocycles. The lowest BCUT2D eigenvalue weighted by atomic mass is 10.0. The number of carbonyl (C=O) groups excluding carboxylic acids is 3. The molecule has 1 atom stereocenters. The minimum Gasteiger partial charge on any atom is -0.462 e. The number of ether oxygens (including phenoxy) is 3. The summed E-state index contributed by atoms with van der Waals surface area (Å²) in [7, 11) is 0. The molecule has 0 aromatic carbocycles. The molecule has 0 radical (unpaired) electrons. The van der Waals surface area contributed by atoms with E-state index in [4.69, 9.17) is 14.2 Å². The van der Waals surface area contributed by atoms with Gasteiger partial charge in [-0.1, -0.05) is 373 Å². The van der Waals surface area contributed by atoms with Crippen LogP contribution in [0, 0.1) is 0 Å². The highest BCUT2D eigenvalue weighted by molar-refractivity contribution is 5.71. The van der Waals surface area contributed by atoms with Crippen LogP contribution < -0.4 is 0 Å². The Labute approximate surface area is 506 Å². The molecule has 0 heterocycles. The fourth-order valence-corrected chi connectivity index (χ4v) is 11.4. The molecule has 0 saturated heterocycles. The lowest BCUT2D eigenvalue weighted by Gasteiger charge is -2.18. The van der Waals surface area contributed by atoms with Crippen molar-refractivity contribution in [2.75, 3.05) is 13.2 Å². The number of hydrogen-bond donors (Lipinski definition) is 0. The highest BCUT2D eigenvalue weighted by atomic mass is 16.6. The zero-order valence-corrected chi connectivity index (χ0v) is 55.1. The molecule has 0 spiro atoms. The minimum atomic E-state index is -0.766. The molecule has 478 valence electrons. The van der Waals surface area contributed by atoms with E-state index >= 15 is 0 Å². The van der Waals surface area contributed by atoms with Crippen LogP contribution in [0.1, 0.15) is 419 Å². The van der Waals surface area contributed by atoms with Crippen molar-refractivity contribution in [3.8, 4) is 0 Å². The Morgan fingerprint density at radius 2 is 0.444 bits per heavy atom. The normalized spacial score (nSPS) is 12.1. The quantitative estimate of drug-likeness (QED) is 0.0261. The molecule has 1 unspecified atom stereocenters. The smallest absolute Gasteiger partial charge is 0.306 e. The van der Waals surface area contributed by atoms with Crippen molar-refractivity contribution in [3.05, 3.63) is 24.3 Å². The van der Waals surface area contributed by atoms with E-state index in [0.717, 1.165) is 64.2 Å². The van der Waals surface area contributed by atoms with Crippen molar-refractivity contribution in [2.24, 2.45) is 0 Å². The highest BCUT2D eigenvalue weighted by Gasteiger charge is 2.20. The van der Waals surface area contributed by atoms with Crippen LogP contribution in [0.25, 0.3) is 0 Å². The van der Waals surface area contributed by atoms with Gasteiger partial charge >= 0.3 is 17.9 Å². The van der Waals surface area contributed by atoms with Crippen molar-refractivity contribution in [1.82, 2.24) is 0 Å². The molecule has 0 N–H and O–H groups in total. The van der Waals surface area contributed by atoms with Gasteiger partial charge in [-0.25, -0.2) is 0 Å². The van der Waals surface area contributed by atoms with E-state index in [2.05, 4.69) is 45.1 Å². The number of rotatable bonds is 69. The van der Waals surface area contributed by atoms with E-state index in [-0.39, 0.29) is 31.1 Å². The summed E-state index contributed by atoms with van der Waals surface area (Å²) in [6.07, 6.45) is 86.5. The number of hydrogen-bond acceptors (Lipinski definition) is 6. The highest BCUT2D eigenvalue weighted by Crippen LogP contribution is 2.19. The predicted molar refractivity (Wildman–Crippen MR) is 353 cm³/mol. The minimum absolute atomic E-state index is 0.0627. The van der Waals surface area contributed by atoms with E-state index in [9.17, 15) is 14.4 Å². The zero-order valence-electron chi connectivity index (χ0n) is 55.1. The summed E-state index contributed by atoms with van der Waals surface area (Å²) in [6, 6.07) is 0. The van der Waals surface area contributed by atoms with Gasteiger partial charge in [0.25, 0.3) is 0 Å². The van der Waals surface area contributed by atoms with Gasteiger partial charge in [0, 0.05) is 19.3 Å². The van der Waals surface area contributed by atoms with Gasteiger partial charge in [-0.2, -0.15) is 0 Å². The molecule has 0 aromatic heterocycles. The lowest BCUT2D eigenvalue weighted by molar-refractivity contribution is -0.167. The van der Waals surface area contributed by atoms with E-state index in [0.29, 0.717) is 19.3 Å². The third kappa shape index (κ3) is 68.6. The summed E-state index contributed by atoms with van der Waals surface area (Å²) in [5.74, 6) is -0.826. The number of esters is 3. The number of carbonyl (C=O) groups is 3. The van der Waals surface area contributed by atoms with Crippen LogP contribution in [0.5, 0.6) is 0 Å². The van der Waals surface area contributed by atoms with E-state index in [1.807, 2.05) is 0 Å². The molecule has 0 bridgehead atoms. The topological polar surface area (TPSA) is 78.9 Å². The molecule has 0 amide bonds. The third-order valence-electron chi connectivity index (χ3n) is 17.0. The molecule has 0 aliphatic heterocycles. The Balaban J connectivity index is 4.14. The summed E-state index contributed by atoms with van der Waals surface area (Å²) in [5.41, 5.74) is 0. The Morgan fingerprint density at radius 1 is 0.247 bits per heavy atom. The van der Waals surface area contributed by atoms with E-state index in [1.54, 1.807) is 0 Å². The van der Waals surface area contributed by atoms with Crippen molar-refractivity contribution >= 4 is 17.9 Å². The summed E-state index contributed by atoms with van der Waals surface area (Å²) in [5, 5.41) is 0. The summed E-state index contributed by atoms with van der Waals surface area (Å²) >= 11 is 0. The number of allylic oxidation sites excluding steroid dienone is 4. The van der Waals surface area contributed by atoms with E-state index < -0.39 is 6.10 Å². The lowest BCUT2D eigenvalue weighted by Crippen LogP contribution is -2.30. The average molecular weight is 1140 g/mol. The SMILES string of the molecule is CCCCCCC/C=C\C/C=C\CCCCCCCCCCCCCCCCCCCCCC(=O)OCC(COC(=O)CCCCCCCCCCCCCCCC)OC(=O)CCCCCCCCCCCCCCCCCCCC. The Kier molecular flexibility index (Phi) is 68.5. The first-order chi connectivity index (χ1) is 40.0. The molecule has 6 heteroatoms. The molecule has 0 rings (SSSR count). The van der Waals surface area contributed by atoms with Crippen molar-refractivity contribution in [1.29, 1.82) is 0 Å². The molecule has 0 aliphatic rings. The van der Waals surface area contributed by atoms with Gasteiger partial charge in [-0.3, -0.25) is 14.4 Å². The largest absolute Gasteiger partial charge is 0.462 e. The second-order valence-electron chi connectivity index (χ2n) is 25.2. The van der Waals surface area contributed by atoms with Crippen molar-refractivity contribution in [3.63, 3.8) is 0 Å². The molecular formula is C75H142O6. The Bertz CT molecular complexity index is 1310. The first-order valence-electron chi connectivity index (χ1n) is 36.8. The predicted octanol–water partition coefficient (Wildman–Crippen LogP) is 25.3. The van der Waals surface area contributed by atoms with Crippen molar-refractivity contribution < 1.29 is 28.6 Å². The van der Waals surface area contributed by atoms with Crippen LogP contribution >= 0.6 is 0 Å². The van der Waals surface area contributed by atoms with Gasteiger partial charge in [0.2, 0.25) is 0 Å². The van der Waals surface area contributed by atoms with Crippen LogP contribution in [-0.4, -0.2) is 37.2 Å². The average Bonchev–Trinajstić information content (AvgIpc) is 3.47. The van der Waals surface area contributed by atoms with Crippen LogP contribution in [0.3, 0.4) is 0 Å². The Morgan fingerprint density at radius 3 is 0.679 bits per heavy atom. The van der Waals surface area contributed by atoms with Crippen LogP contribution in [0.4, 0.5) is 0 Å². The van der Waals surface area contributed by atoms with Crippen LogP contribution in [0.2, 0.25) is 0 Å². The molecule has 0 saturated carbocycles. The van der Waals surface area contributed by atoms with Crippen LogP contribution in [-0.2, 0) is 28.6 Å². The molecule has 0 fully saturated rings. The maximum Gasteiger partial charge on any atom is 0.306 e. The molecule has 81 heavy (non-hydrogen) atoms. The van der Waals surface area contributed by atoms with Gasteiger partial charge in [-0.05, 0) is 51.4 Å². The van der Waals surface area contributed by atoms with Gasteiger partial charge in [-0.15, -0.1) is 0 Å². The second-order valence-corrected chi connectivity index (χ2v) is 25.2. The monoisotopic (exact) mass is 1140 g/mol. The van der Waals surface area contributed by atoms with Gasteiger partial charge in [0.05, 0.1) is 0 Å². The van der Waals surface area contributed by atoms with E-state index in [1.165, 1.54) is 315 Å². The third-order valence-corrected chi connectivity index (χ3v) is 17.0. The fraction of sp³-hybridized carbons (Fsp3) is 0.907. The fourth-order valence-electron chi connectivity index (χ4n) is 11.4. The Hall–Kier alpha value is -2.11. The zero-order chi connectivity index (χ0) is 58.5. The van der Waals surface area contributed by atoms with Crippen LogP contribution in [0.15, 0.2) is 24.3 Å². The second kappa shape index (κ2) is 70.4. The standard InChI is InChI=1S/C75H142O6/c1-4-7-10-13-16-19-22-25-28-30-32-33-34-35-36-37-38-39-40-41-42-43-44-46-47-50-53-56-59-62-65-68-74(77)80-71-72(70-79-73(76)67-64-61-58-55-52-49-27-24-21-18-15-12-9-6-3)81-75(78)69-66-63-60-57-54-51-48-45-31-29-26-23-20-17-14-11-8-5-2/h22,25,30,32,72H,4-21,23-24,26-29,31,33-71H2,1-3H3/b25-22-,32-30-. The summed E-state index contributed by atoms with van der Waals surface area (Å²) in [6.45, 7) is 6.72. The summed E-state index contributed by atoms with van der Waals surface area (Å²) < 4.78 is 17.0. The maximum absolute atomic E-state index is 12.9. The maximum atomic E-state index is 12.9. The molecule has 0 aromatic rings. The summed E-state index contributed by atoms with van der Waals surface area (Å²) in [4.78, 5) is 38.4. The first kappa shape index (κ1) is 78.9. The molecule has 6 nitrogen and oxygen atoms in total. The molecular weight excluding hydrogens is 997 g/mol. The van der Waals surface area contributed by atoms with Gasteiger partial charge < -0.3 is 14.2 Å².